The van der Waals surface area contributed by atoms with Gasteiger partial charge in [-0.25, -0.2) is 0 Å². The minimum Gasteiger partial charge on any atom is -0.394 e. The minimum absolute atomic E-state index is 0.195. The highest BCUT2D eigenvalue weighted by molar-refractivity contribution is 5.76. The van der Waals surface area contributed by atoms with Gasteiger partial charge < -0.3 is 40.3 Å². The third-order valence-corrected chi connectivity index (χ3v) is 14.8. The number of hydrogen-bond acceptors (Lipinski definition) is 8. The molecule has 0 aliphatic carbocycles. The van der Waals surface area contributed by atoms with Crippen molar-refractivity contribution in [1.29, 1.82) is 0 Å². The quantitative estimate of drug-likeness (QED) is 0.0261. The molecule has 1 heterocycles. The molecule has 0 radical (unpaired) electrons. The molecule has 1 amide bonds. The number of aliphatic hydroxyl groups excluding tert-OH is 5. The van der Waals surface area contributed by atoms with Crippen LogP contribution in [0.15, 0.2) is 72.9 Å². The summed E-state index contributed by atoms with van der Waals surface area (Å²) in [5, 5.41) is 54.6. The summed E-state index contributed by atoms with van der Waals surface area (Å²) in [5.41, 5.74) is 0. The number of unbranched alkanes of at least 4 members (excludes halogenated alkanes) is 34. The van der Waals surface area contributed by atoms with Crippen LogP contribution < -0.4 is 5.32 Å². The molecule has 0 aromatic carbocycles. The lowest BCUT2D eigenvalue weighted by atomic mass is 9.99. The summed E-state index contributed by atoms with van der Waals surface area (Å²) in [6.07, 6.45) is 69.9. The molecule has 75 heavy (non-hydrogen) atoms. The van der Waals surface area contributed by atoms with Crippen LogP contribution >= 0.6 is 0 Å². The number of aliphatic hydroxyl groups is 5. The number of carbonyl (C=O) groups excluding carboxylic acids is 1. The van der Waals surface area contributed by atoms with Gasteiger partial charge in [-0.1, -0.05) is 286 Å². The van der Waals surface area contributed by atoms with Gasteiger partial charge in [0, 0.05) is 6.42 Å². The lowest BCUT2D eigenvalue weighted by molar-refractivity contribution is -0.302. The molecule has 7 unspecified atom stereocenters. The third kappa shape index (κ3) is 44.2. The van der Waals surface area contributed by atoms with E-state index in [0.717, 1.165) is 89.9 Å². The summed E-state index contributed by atoms with van der Waals surface area (Å²) in [6.45, 7) is 3.68. The number of amides is 1. The van der Waals surface area contributed by atoms with Gasteiger partial charge in [0.1, 0.15) is 24.4 Å². The van der Waals surface area contributed by atoms with Crippen LogP contribution in [0.1, 0.15) is 284 Å². The summed E-state index contributed by atoms with van der Waals surface area (Å²) in [5.74, 6) is -0.195. The predicted octanol–water partition coefficient (Wildman–Crippen LogP) is 16.4. The number of carbonyl (C=O) groups is 1. The van der Waals surface area contributed by atoms with Gasteiger partial charge in [-0.05, 0) is 64.2 Å². The van der Waals surface area contributed by atoms with Crippen molar-refractivity contribution in [1.82, 2.24) is 5.32 Å². The minimum atomic E-state index is -1.58. The first-order valence-corrected chi connectivity index (χ1v) is 31.7. The first-order valence-electron chi connectivity index (χ1n) is 31.7. The van der Waals surface area contributed by atoms with Gasteiger partial charge in [0.15, 0.2) is 6.29 Å². The average molecular weight is 1050 g/mol. The fourth-order valence-electron chi connectivity index (χ4n) is 9.83. The van der Waals surface area contributed by atoms with E-state index in [0.29, 0.717) is 6.42 Å². The second-order valence-corrected chi connectivity index (χ2v) is 21.8. The van der Waals surface area contributed by atoms with Crippen molar-refractivity contribution in [2.75, 3.05) is 13.2 Å². The predicted molar refractivity (Wildman–Crippen MR) is 318 cm³/mol. The topological polar surface area (TPSA) is 149 Å². The van der Waals surface area contributed by atoms with Crippen molar-refractivity contribution in [2.24, 2.45) is 0 Å². The van der Waals surface area contributed by atoms with Crippen LogP contribution in [0.3, 0.4) is 0 Å². The molecule has 7 atom stereocenters. The molecule has 0 spiro atoms. The van der Waals surface area contributed by atoms with Gasteiger partial charge >= 0.3 is 0 Å². The van der Waals surface area contributed by atoms with E-state index in [9.17, 15) is 30.3 Å². The van der Waals surface area contributed by atoms with Crippen molar-refractivity contribution < 1.29 is 39.8 Å². The lowest BCUT2D eigenvalue weighted by Gasteiger charge is -2.40. The van der Waals surface area contributed by atoms with Gasteiger partial charge in [-0.2, -0.15) is 0 Å². The Hall–Kier alpha value is -2.37. The molecule has 1 saturated heterocycles. The molecule has 9 nitrogen and oxygen atoms in total. The zero-order valence-electron chi connectivity index (χ0n) is 48.5. The van der Waals surface area contributed by atoms with E-state index in [1.165, 1.54) is 173 Å². The number of rotatable bonds is 54. The molecule has 0 aromatic rings. The van der Waals surface area contributed by atoms with E-state index in [1.54, 1.807) is 6.08 Å². The largest absolute Gasteiger partial charge is 0.394 e. The second-order valence-electron chi connectivity index (χ2n) is 21.8. The van der Waals surface area contributed by atoms with Gasteiger partial charge in [0.2, 0.25) is 5.91 Å². The highest BCUT2D eigenvalue weighted by atomic mass is 16.7. The molecule has 436 valence electrons. The molecular weight excluding hydrogens is 935 g/mol. The zero-order chi connectivity index (χ0) is 54.3. The van der Waals surface area contributed by atoms with E-state index in [4.69, 9.17) is 9.47 Å². The summed E-state index contributed by atoms with van der Waals surface area (Å²) in [4.78, 5) is 13.1. The van der Waals surface area contributed by atoms with Gasteiger partial charge in [0.25, 0.3) is 0 Å². The fraction of sp³-hybridized carbons (Fsp3) is 0.803. The number of allylic oxidation sites excluding steroid dienone is 11. The van der Waals surface area contributed by atoms with Crippen molar-refractivity contribution in [3.05, 3.63) is 72.9 Å². The fourth-order valence-corrected chi connectivity index (χ4v) is 9.83. The normalized spacial score (nSPS) is 19.4. The smallest absolute Gasteiger partial charge is 0.220 e. The van der Waals surface area contributed by atoms with Gasteiger partial charge in [-0.15, -0.1) is 0 Å². The highest BCUT2D eigenvalue weighted by Crippen LogP contribution is 2.23. The number of ether oxygens (including phenoxy) is 2. The Balaban J connectivity index is 2.18. The summed E-state index contributed by atoms with van der Waals surface area (Å²) >= 11 is 0. The van der Waals surface area contributed by atoms with Crippen LogP contribution in [0.5, 0.6) is 0 Å². The summed E-state index contributed by atoms with van der Waals surface area (Å²) in [7, 11) is 0. The standard InChI is InChI=1S/C66H119NO8/c1-3-5-7-9-11-13-15-17-19-21-23-25-26-27-28-29-30-31-32-33-34-36-37-39-41-43-45-47-49-51-53-55-60(69)59(58-74-66-65(73)64(72)63(71)61(57-68)75-66)67-62(70)56-54-52-50-48-46-44-42-40-38-35-24-22-20-18-16-14-12-10-8-6-4-2/h6,8,12,14,18,20,24,35,40,42,53,55,59-61,63-66,68-69,71-73H,3-5,7,9-11,13,15-17,19,21-23,25-34,36-39,41,43-52,54,56-58H2,1-2H3,(H,67,70)/b8-6-,14-12-,20-18-,35-24-,42-40-,55-53+. The maximum absolute atomic E-state index is 13.1. The van der Waals surface area contributed by atoms with Gasteiger partial charge in [0.05, 0.1) is 25.4 Å². The van der Waals surface area contributed by atoms with Crippen LogP contribution in [-0.2, 0) is 14.3 Å². The Labute approximate surface area is 461 Å². The van der Waals surface area contributed by atoms with E-state index in [2.05, 4.69) is 79.9 Å². The first kappa shape index (κ1) is 70.6. The Morgan fingerprint density at radius 1 is 0.467 bits per heavy atom. The Kier molecular flexibility index (Phi) is 51.8. The van der Waals surface area contributed by atoms with E-state index >= 15 is 0 Å². The molecule has 0 aromatic heterocycles. The molecule has 1 fully saturated rings. The molecule has 6 N–H and O–H groups in total. The van der Waals surface area contributed by atoms with Crippen molar-refractivity contribution >= 4 is 5.91 Å². The van der Waals surface area contributed by atoms with Crippen LogP contribution in [0.4, 0.5) is 0 Å². The van der Waals surface area contributed by atoms with Crippen LogP contribution in [-0.4, -0.2) is 87.5 Å². The maximum Gasteiger partial charge on any atom is 0.220 e. The molecule has 1 rings (SSSR count). The van der Waals surface area contributed by atoms with Crippen LogP contribution in [0.2, 0.25) is 0 Å². The second kappa shape index (κ2) is 55.0. The van der Waals surface area contributed by atoms with Gasteiger partial charge in [-0.3, -0.25) is 4.79 Å². The molecular formula is C66H119NO8. The van der Waals surface area contributed by atoms with E-state index in [-0.39, 0.29) is 12.5 Å². The maximum atomic E-state index is 13.1. The van der Waals surface area contributed by atoms with Crippen LogP contribution in [0.25, 0.3) is 0 Å². The molecule has 9 heteroatoms. The Morgan fingerprint density at radius 3 is 1.23 bits per heavy atom. The van der Waals surface area contributed by atoms with Crippen molar-refractivity contribution in [2.45, 2.75) is 326 Å². The van der Waals surface area contributed by atoms with E-state index < -0.39 is 49.5 Å². The molecule has 1 aliphatic rings. The summed E-state index contributed by atoms with van der Waals surface area (Å²) < 4.78 is 11.3. The van der Waals surface area contributed by atoms with E-state index in [1.807, 2.05) is 6.08 Å². The van der Waals surface area contributed by atoms with Crippen LogP contribution in [0, 0.1) is 0 Å². The number of hydrogen-bond donors (Lipinski definition) is 6. The lowest BCUT2D eigenvalue weighted by Crippen LogP contribution is -2.60. The zero-order valence-corrected chi connectivity index (χ0v) is 48.5. The molecule has 1 aliphatic heterocycles. The first-order chi connectivity index (χ1) is 36.8. The molecule has 0 bridgehead atoms. The SMILES string of the molecule is CC/C=C\C/C=C\C/C=C\C/C=C\C/C=C\CCCCCCCC(=O)NC(COC1OC(CO)C(O)C(O)C1O)C(O)/C=C/CCCCCCCCCCCCCCCCCCCCCCCCCCCCCCC. The highest BCUT2D eigenvalue weighted by Gasteiger charge is 2.44. The molecule has 0 saturated carbocycles. The monoisotopic (exact) mass is 1050 g/mol. The van der Waals surface area contributed by atoms with Crippen molar-refractivity contribution in [3.8, 4) is 0 Å². The van der Waals surface area contributed by atoms with Crippen molar-refractivity contribution in [3.63, 3.8) is 0 Å². The summed E-state index contributed by atoms with van der Waals surface area (Å²) in [6, 6.07) is -0.821. The Bertz CT molecular complexity index is 1410. The number of nitrogens with one attached hydrogen (secondary N) is 1. The average Bonchev–Trinajstić information content (AvgIpc) is 3.41. The Morgan fingerprint density at radius 2 is 0.827 bits per heavy atom. The third-order valence-electron chi connectivity index (χ3n) is 14.8.